The summed E-state index contributed by atoms with van der Waals surface area (Å²) in [6.07, 6.45) is 0.449. The van der Waals surface area contributed by atoms with E-state index in [2.05, 4.69) is 5.32 Å². The third-order valence-corrected chi connectivity index (χ3v) is 3.22. The number of nitrogens with one attached hydrogen (secondary N) is 1. The zero-order valence-electron chi connectivity index (χ0n) is 10.9. The van der Waals surface area contributed by atoms with E-state index in [0.717, 1.165) is 5.56 Å². The van der Waals surface area contributed by atoms with E-state index < -0.39 is 11.6 Å². The predicted molar refractivity (Wildman–Crippen MR) is 70.5 cm³/mol. The molecule has 0 bridgehead atoms. The Morgan fingerprint density at radius 2 is 2.05 bits per heavy atom. The zero-order valence-corrected chi connectivity index (χ0v) is 10.9. The Morgan fingerprint density at radius 1 is 1.42 bits per heavy atom. The van der Waals surface area contributed by atoms with E-state index in [-0.39, 0.29) is 18.2 Å². The monoisotopic (exact) mass is 262 g/mol. The number of Topliss-reactive ketones (excluding diaryl/α,β-unsaturated/α-hetero) is 1. The number of hydrogen-bond acceptors (Lipinski definition) is 4. The van der Waals surface area contributed by atoms with Crippen molar-refractivity contribution in [2.24, 2.45) is 5.73 Å². The lowest BCUT2D eigenvalue weighted by Crippen LogP contribution is -2.49. The Kier molecular flexibility index (Phi) is 3.97. The van der Waals surface area contributed by atoms with Gasteiger partial charge in [0.05, 0.1) is 19.2 Å². The van der Waals surface area contributed by atoms with Crippen LogP contribution in [0.1, 0.15) is 12.5 Å². The molecule has 1 aromatic rings. The smallest absolute Gasteiger partial charge is 0.234 e. The van der Waals surface area contributed by atoms with Crippen molar-refractivity contribution < 1.29 is 14.3 Å². The molecule has 1 aliphatic rings. The Morgan fingerprint density at radius 3 is 2.58 bits per heavy atom. The molecule has 0 spiro atoms. The molecule has 1 fully saturated rings. The minimum atomic E-state index is -0.749. The number of benzene rings is 1. The van der Waals surface area contributed by atoms with Crippen LogP contribution in [0.2, 0.25) is 0 Å². The van der Waals surface area contributed by atoms with Crippen LogP contribution in [0.4, 0.5) is 0 Å². The minimum Gasteiger partial charge on any atom is -0.361 e. The van der Waals surface area contributed by atoms with Gasteiger partial charge in [0.1, 0.15) is 5.60 Å². The molecule has 0 aromatic heterocycles. The number of ketones is 1. The average molecular weight is 262 g/mol. The van der Waals surface area contributed by atoms with Crippen molar-refractivity contribution in [3.8, 4) is 0 Å². The second kappa shape index (κ2) is 5.50. The Hall–Kier alpha value is -1.72. The van der Waals surface area contributed by atoms with E-state index >= 15 is 0 Å². The summed E-state index contributed by atoms with van der Waals surface area (Å²) in [5, 5.41) is 2.67. The molecular weight excluding hydrogens is 244 g/mol. The molecule has 1 aliphatic heterocycles. The molecule has 2 rings (SSSR count). The van der Waals surface area contributed by atoms with Crippen molar-refractivity contribution in [2.75, 3.05) is 13.2 Å². The van der Waals surface area contributed by atoms with Crippen molar-refractivity contribution in [3.05, 3.63) is 35.9 Å². The first kappa shape index (κ1) is 13.7. The summed E-state index contributed by atoms with van der Waals surface area (Å²) >= 11 is 0. The number of carbonyl (C=O) groups excluding carboxylic acids is 2. The van der Waals surface area contributed by atoms with E-state index in [1.807, 2.05) is 30.3 Å². The molecule has 0 radical (unpaired) electrons. The van der Waals surface area contributed by atoms with Gasteiger partial charge >= 0.3 is 0 Å². The molecule has 102 valence electrons. The summed E-state index contributed by atoms with van der Waals surface area (Å²) < 4.78 is 5.16. The summed E-state index contributed by atoms with van der Waals surface area (Å²) in [7, 11) is 0. The fourth-order valence-electron chi connectivity index (χ4n) is 1.93. The summed E-state index contributed by atoms with van der Waals surface area (Å²) in [5.41, 5.74) is 5.52. The summed E-state index contributed by atoms with van der Waals surface area (Å²) in [5.74, 6) is -0.434. The summed E-state index contributed by atoms with van der Waals surface area (Å²) in [6.45, 7) is 2.02. The van der Waals surface area contributed by atoms with Gasteiger partial charge in [-0.25, -0.2) is 0 Å². The van der Waals surface area contributed by atoms with Crippen LogP contribution >= 0.6 is 0 Å². The maximum Gasteiger partial charge on any atom is 0.234 e. The third-order valence-electron chi connectivity index (χ3n) is 3.22. The Balaban J connectivity index is 2.10. The summed E-state index contributed by atoms with van der Waals surface area (Å²) in [6, 6.07) is 8.96. The second-order valence-electron chi connectivity index (χ2n) is 4.90. The minimum absolute atomic E-state index is 0.0989. The van der Waals surface area contributed by atoms with Crippen molar-refractivity contribution in [1.29, 1.82) is 0 Å². The van der Waals surface area contributed by atoms with Gasteiger partial charge in [0, 0.05) is 0 Å². The number of ether oxygens (including phenoxy) is 1. The van der Waals surface area contributed by atoms with Crippen molar-refractivity contribution in [2.45, 2.75) is 25.0 Å². The Labute approximate surface area is 112 Å². The fraction of sp³-hybridized carbons (Fsp3) is 0.429. The molecule has 3 N–H and O–H groups in total. The normalized spacial score (nSPS) is 22.6. The van der Waals surface area contributed by atoms with Gasteiger partial charge < -0.3 is 15.8 Å². The maximum atomic E-state index is 12.3. The van der Waals surface area contributed by atoms with Gasteiger partial charge in [0.15, 0.2) is 5.78 Å². The highest BCUT2D eigenvalue weighted by molar-refractivity contribution is 5.96. The molecule has 0 saturated carbocycles. The zero-order chi connectivity index (χ0) is 13.9. The highest BCUT2D eigenvalue weighted by Gasteiger charge is 2.49. The van der Waals surface area contributed by atoms with Crippen LogP contribution in [0.25, 0.3) is 0 Å². The SMILES string of the molecule is CC1(C(=O)C(Cc2ccccc2)NC(=O)CN)CO1. The van der Waals surface area contributed by atoms with E-state index in [1.54, 1.807) is 6.92 Å². The lowest BCUT2D eigenvalue weighted by atomic mass is 9.95. The summed E-state index contributed by atoms with van der Waals surface area (Å²) in [4.78, 5) is 23.7. The quantitative estimate of drug-likeness (QED) is 0.708. The number of epoxide rings is 1. The van der Waals surface area contributed by atoms with Crippen molar-refractivity contribution in [3.63, 3.8) is 0 Å². The molecule has 5 heteroatoms. The molecule has 1 amide bonds. The molecule has 2 unspecified atom stereocenters. The molecule has 2 atom stereocenters. The van der Waals surface area contributed by atoms with Gasteiger partial charge in [-0.3, -0.25) is 9.59 Å². The number of hydrogen-bond donors (Lipinski definition) is 2. The van der Waals surface area contributed by atoms with Crippen LogP contribution in [0.15, 0.2) is 30.3 Å². The van der Waals surface area contributed by atoms with Crippen LogP contribution in [-0.4, -0.2) is 36.5 Å². The standard InChI is InChI=1S/C14H18N2O3/c1-14(9-19-14)13(18)11(16-12(17)8-15)7-10-5-3-2-4-6-10/h2-6,11H,7-9,15H2,1H3,(H,16,17). The number of rotatable bonds is 6. The highest BCUT2D eigenvalue weighted by Crippen LogP contribution is 2.29. The molecule has 19 heavy (non-hydrogen) atoms. The van der Waals surface area contributed by atoms with E-state index in [4.69, 9.17) is 10.5 Å². The highest BCUT2D eigenvalue weighted by atomic mass is 16.6. The predicted octanol–water partition coefficient (Wildman–Crippen LogP) is 0.0306. The van der Waals surface area contributed by atoms with E-state index in [9.17, 15) is 9.59 Å². The van der Waals surface area contributed by atoms with Crippen LogP contribution in [0, 0.1) is 0 Å². The topological polar surface area (TPSA) is 84.7 Å². The van der Waals surface area contributed by atoms with E-state index in [0.29, 0.717) is 13.0 Å². The van der Waals surface area contributed by atoms with Crippen LogP contribution in [0.3, 0.4) is 0 Å². The van der Waals surface area contributed by atoms with Crippen molar-refractivity contribution in [1.82, 2.24) is 5.32 Å². The second-order valence-corrected chi connectivity index (χ2v) is 4.90. The number of nitrogens with two attached hydrogens (primary N) is 1. The van der Waals surface area contributed by atoms with E-state index in [1.165, 1.54) is 0 Å². The fourth-order valence-corrected chi connectivity index (χ4v) is 1.93. The lowest BCUT2D eigenvalue weighted by molar-refractivity contribution is -0.129. The first-order valence-corrected chi connectivity index (χ1v) is 6.27. The first-order chi connectivity index (χ1) is 9.05. The molecule has 5 nitrogen and oxygen atoms in total. The number of amides is 1. The van der Waals surface area contributed by atoms with Gasteiger partial charge in [-0.1, -0.05) is 30.3 Å². The molecule has 1 saturated heterocycles. The Bertz CT molecular complexity index is 469. The van der Waals surface area contributed by atoms with Gasteiger partial charge in [0.2, 0.25) is 5.91 Å². The van der Waals surface area contributed by atoms with Gasteiger partial charge in [-0.05, 0) is 18.9 Å². The van der Waals surface area contributed by atoms with Gasteiger partial charge in [0.25, 0.3) is 0 Å². The van der Waals surface area contributed by atoms with Gasteiger partial charge in [-0.2, -0.15) is 0 Å². The lowest BCUT2D eigenvalue weighted by Gasteiger charge is -2.19. The third kappa shape index (κ3) is 3.39. The van der Waals surface area contributed by atoms with Crippen LogP contribution in [0.5, 0.6) is 0 Å². The molecule has 0 aliphatic carbocycles. The molecular formula is C14H18N2O3. The average Bonchev–Trinajstić information content (AvgIpc) is 3.17. The largest absolute Gasteiger partial charge is 0.361 e. The first-order valence-electron chi connectivity index (χ1n) is 6.27. The van der Waals surface area contributed by atoms with Crippen LogP contribution in [-0.2, 0) is 20.7 Å². The van der Waals surface area contributed by atoms with Gasteiger partial charge in [-0.15, -0.1) is 0 Å². The van der Waals surface area contributed by atoms with Crippen molar-refractivity contribution >= 4 is 11.7 Å². The molecule has 1 heterocycles. The number of carbonyl (C=O) groups is 2. The van der Waals surface area contributed by atoms with Crippen LogP contribution < -0.4 is 11.1 Å². The molecule has 1 aromatic carbocycles. The maximum absolute atomic E-state index is 12.3.